The van der Waals surface area contributed by atoms with Gasteiger partial charge in [0.05, 0.1) is 18.3 Å². The van der Waals surface area contributed by atoms with Gasteiger partial charge in [0.1, 0.15) is 0 Å². The average molecular weight is 333 g/mol. The van der Waals surface area contributed by atoms with Crippen molar-refractivity contribution in [3.8, 4) is 0 Å². The highest BCUT2D eigenvalue weighted by atomic mass is 79.9. The average Bonchev–Trinajstić information content (AvgIpc) is 2.86. The molecule has 0 aliphatic carbocycles. The fraction of sp³-hybridized carbons (Fsp3) is 0.364. The zero-order valence-corrected chi connectivity index (χ0v) is 12.8. The molecule has 6 heteroatoms. The second-order valence-corrected chi connectivity index (χ2v) is 6.57. The van der Waals surface area contributed by atoms with Crippen molar-refractivity contribution < 1.29 is 5.11 Å². The summed E-state index contributed by atoms with van der Waals surface area (Å²) in [6.07, 6.45) is -0.496. The van der Waals surface area contributed by atoms with Gasteiger partial charge in [-0.25, -0.2) is 4.98 Å². The van der Waals surface area contributed by atoms with Crippen LogP contribution in [0.4, 0.5) is 5.13 Å². The van der Waals surface area contributed by atoms with Crippen LogP contribution >= 0.6 is 38.6 Å². The molecule has 0 bridgehead atoms. The number of hydrogen-bond donors (Lipinski definition) is 1. The maximum absolute atomic E-state index is 9.43. The summed E-state index contributed by atoms with van der Waals surface area (Å²) >= 11 is 6.73. The number of thiophene rings is 1. The lowest BCUT2D eigenvalue weighted by Crippen LogP contribution is -2.15. The number of aliphatic hydroxyl groups is 1. The number of anilines is 1. The number of halogens is 1. The zero-order chi connectivity index (χ0) is 12.4. The topological polar surface area (TPSA) is 36.4 Å². The van der Waals surface area contributed by atoms with Gasteiger partial charge in [0.15, 0.2) is 5.13 Å². The number of rotatable bonds is 4. The number of aromatic nitrogens is 1. The Morgan fingerprint density at radius 1 is 1.47 bits per heavy atom. The van der Waals surface area contributed by atoms with Crippen LogP contribution in [0.3, 0.4) is 0 Å². The van der Waals surface area contributed by atoms with Crippen molar-refractivity contribution in [1.29, 1.82) is 0 Å². The molecule has 17 heavy (non-hydrogen) atoms. The number of nitrogens with zero attached hydrogens (tertiary/aromatic N) is 2. The molecular formula is C11H13BrN2OS2. The van der Waals surface area contributed by atoms with Crippen molar-refractivity contribution in [2.24, 2.45) is 0 Å². The Kier molecular flexibility index (Phi) is 4.19. The van der Waals surface area contributed by atoms with E-state index in [4.69, 9.17) is 0 Å². The lowest BCUT2D eigenvalue weighted by molar-refractivity contribution is 0.195. The molecule has 0 amide bonds. The number of hydrogen-bond acceptors (Lipinski definition) is 5. The highest BCUT2D eigenvalue weighted by molar-refractivity contribution is 9.10. The molecule has 1 unspecified atom stereocenters. The second-order valence-electron chi connectivity index (χ2n) is 3.82. The first kappa shape index (κ1) is 13.0. The van der Waals surface area contributed by atoms with Gasteiger partial charge in [0.25, 0.3) is 0 Å². The molecule has 0 aliphatic heterocycles. The second kappa shape index (κ2) is 5.48. The van der Waals surface area contributed by atoms with Gasteiger partial charge in [-0.15, -0.1) is 22.7 Å². The Bertz CT molecular complexity index is 495. The van der Waals surface area contributed by atoms with E-state index in [2.05, 4.69) is 37.3 Å². The molecule has 0 spiro atoms. The molecule has 0 saturated carbocycles. The van der Waals surface area contributed by atoms with Crippen molar-refractivity contribution in [2.45, 2.75) is 19.6 Å². The van der Waals surface area contributed by atoms with Crippen LogP contribution in [0.1, 0.15) is 23.6 Å². The van der Waals surface area contributed by atoms with E-state index in [9.17, 15) is 5.11 Å². The molecule has 0 aliphatic rings. The minimum Gasteiger partial charge on any atom is -0.387 e. The van der Waals surface area contributed by atoms with E-state index < -0.39 is 6.10 Å². The van der Waals surface area contributed by atoms with E-state index in [1.54, 1.807) is 29.6 Å². The molecule has 0 saturated heterocycles. The SMILES string of the molecule is CC(O)c1csc(N(C)Cc2cc(Br)cs2)n1. The first-order valence-corrected chi connectivity index (χ1v) is 7.69. The molecular weight excluding hydrogens is 320 g/mol. The summed E-state index contributed by atoms with van der Waals surface area (Å²) in [4.78, 5) is 7.78. The van der Waals surface area contributed by atoms with E-state index in [0.29, 0.717) is 0 Å². The normalized spacial score (nSPS) is 12.7. The van der Waals surface area contributed by atoms with Crippen molar-refractivity contribution in [3.05, 3.63) is 31.9 Å². The van der Waals surface area contributed by atoms with Gasteiger partial charge in [0.2, 0.25) is 0 Å². The van der Waals surface area contributed by atoms with E-state index in [1.165, 1.54) is 4.88 Å². The van der Waals surface area contributed by atoms with Gasteiger partial charge in [-0.05, 0) is 28.9 Å². The fourth-order valence-electron chi connectivity index (χ4n) is 1.38. The van der Waals surface area contributed by atoms with Crippen LogP contribution in [0.5, 0.6) is 0 Å². The standard InChI is InChI=1S/C11H13BrN2OS2/c1-7(15)10-6-17-11(13-10)14(2)4-9-3-8(12)5-16-9/h3,5-7,15H,4H2,1-2H3. The summed E-state index contributed by atoms with van der Waals surface area (Å²) in [5.74, 6) is 0. The Morgan fingerprint density at radius 3 is 2.76 bits per heavy atom. The molecule has 1 atom stereocenters. The molecule has 0 aromatic carbocycles. The smallest absolute Gasteiger partial charge is 0.185 e. The van der Waals surface area contributed by atoms with Crippen molar-refractivity contribution in [2.75, 3.05) is 11.9 Å². The molecule has 2 rings (SSSR count). The van der Waals surface area contributed by atoms with Gasteiger partial charge < -0.3 is 10.0 Å². The van der Waals surface area contributed by atoms with Gasteiger partial charge in [-0.3, -0.25) is 0 Å². The quantitative estimate of drug-likeness (QED) is 0.928. The van der Waals surface area contributed by atoms with Crippen molar-refractivity contribution in [1.82, 2.24) is 4.98 Å². The minimum atomic E-state index is -0.496. The molecule has 3 nitrogen and oxygen atoms in total. The number of thiazole rings is 1. The maximum Gasteiger partial charge on any atom is 0.185 e. The third kappa shape index (κ3) is 3.28. The lowest BCUT2D eigenvalue weighted by Gasteiger charge is -2.14. The first-order valence-electron chi connectivity index (χ1n) is 5.14. The van der Waals surface area contributed by atoms with E-state index in [0.717, 1.165) is 21.8 Å². The van der Waals surface area contributed by atoms with Crippen LogP contribution in [-0.2, 0) is 6.54 Å². The number of aliphatic hydroxyl groups excluding tert-OH is 1. The Balaban J connectivity index is 2.06. The van der Waals surface area contributed by atoms with Gasteiger partial charge in [0, 0.05) is 27.2 Å². The van der Waals surface area contributed by atoms with Crippen molar-refractivity contribution >= 4 is 43.7 Å². The third-order valence-corrected chi connectivity index (χ3v) is 4.93. The van der Waals surface area contributed by atoms with E-state index in [-0.39, 0.29) is 0 Å². The van der Waals surface area contributed by atoms with Crippen LogP contribution in [0.2, 0.25) is 0 Å². The predicted molar refractivity (Wildman–Crippen MR) is 76.9 cm³/mol. The molecule has 92 valence electrons. The summed E-state index contributed by atoms with van der Waals surface area (Å²) in [7, 11) is 2.01. The molecule has 0 radical (unpaired) electrons. The van der Waals surface area contributed by atoms with Crippen LogP contribution in [0.25, 0.3) is 0 Å². The Hall–Kier alpha value is -0.430. The van der Waals surface area contributed by atoms with Crippen LogP contribution < -0.4 is 4.90 Å². The predicted octanol–water partition coefficient (Wildman–Crippen LogP) is 3.66. The van der Waals surface area contributed by atoms with Crippen LogP contribution in [0.15, 0.2) is 21.3 Å². The van der Waals surface area contributed by atoms with E-state index >= 15 is 0 Å². The van der Waals surface area contributed by atoms with Gasteiger partial charge in [-0.1, -0.05) is 0 Å². The zero-order valence-electron chi connectivity index (χ0n) is 9.55. The maximum atomic E-state index is 9.43. The monoisotopic (exact) mass is 332 g/mol. The first-order chi connectivity index (χ1) is 8.06. The summed E-state index contributed by atoms with van der Waals surface area (Å²) in [6, 6.07) is 2.12. The van der Waals surface area contributed by atoms with Crippen LogP contribution in [-0.4, -0.2) is 17.1 Å². The highest BCUT2D eigenvalue weighted by Gasteiger charge is 2.11. The highest BCUT2D eigenvalue weighted by Crippen LogP contribution is 2.26. The largest absolute Gasteiger partial charge is 0.387 e. The van der Waals surface area contributed by atoms with Gasteiger partial charge in [-0.2, -0.15) is 0 Å². The van der Waals surface area contributed by atoms with E-state index in [1.807, 2.05) is 12.4 Å². The lowest BCUT2D eigenvalue weighted by atomic mass is 10.3. The minimum absolute atomic E-state index is 0.496. The molecule has 2 aromatic rings. The van der Waals surface area contributed by atoms with Gasteiger partial charge >= 0.3 is 0 Å². The molecule has 0 fully saturated rings. The fourth-order valence-corrected chi connectivity index (χ4v) is 3.76. The Labute approximate surface area is 117 Å². The summed E-state index contributed by atoms with van der Waals surface area (Å²) in [6.45, 7) is 2.57. The van der Waals surface area contributed by atoms with Crippen molar-refractivity contribution in [3.63, 3.8) is 0 Å². The summed E-state index contributed by atoms with van der Waals surface area (Å²) in [5.41, 5.74) is 0.740. The Morgan fingerprint density at radius 2 is 2.24 bits per heavy atom. The third-order valence-electron chi connectivity index (χ3n) is 2.28. The summed E-state index contributed by atoms with van der Waals surface area (Å²) in [5, 5.41) is 14.3. The molecule has 2 heterocycles. The molecule has 2 aromatic heterocycles. The van der Waals surface area contributed by atoms with Crippen LogP contribution in [0, 0.1) is 0 Å². The molecule has 1 N–H and O–H groups in total. The summed E-state index contributed by atoms with van der Waals surface area (Å²) < 4.78 is 1.12.